The largest absolute Gasteiger partial charge is 0.384 e. The highest BCUT2D eigenvalue weighted by Gasteiger charge is 2.34. The maximum Gasteiger partial charge on any atom is 0.123 e. The maximum atomic E-state index is 7.75. The Labute approximate surface area is 124 Å². The summed E-state index contributed by atoms with van der Waals surface area (Å²) in [6, 6.07) is 12.3. The first-order valence-corrected chi connectivity index (χ1v) is 7.49. The third-order valence-corrected chi connectivity index (χ3v) is 4.58. The molecular weight excluding hydrogens is 262 g/mol. The van der Waals surface area contributed by atoms with Gasteiger partial charge >= 0.3 is 0 Å². The summed E-state index contributed by atoms with van der Waals surface area (Å²) in [5, 5.41) is 9.98. The fourth-order valence-electron chi connectivity index (χ4n) is 3.61. The summed E-state index contributed by atoms with van der Waals surface area (Å²) in [4.78, 5) is 2.43. The zero-order chi connectivity index (χ0) is 14.4. The summed E-state index contributed by atoms with van der Waals surface area (Å²) in [6.07, 6.45) is 3.08. The second-order valence-electron chi connectivity index (χ2n) is 5.95. The molecule has 2 atom stereocenters. The van der Waals surface area contributed by atoms with E-state index in [9.17, 15) is 0 Å². The van der Waals surface area contributed by atoms with E-state index in [0.29, 0.717) is 12.2 Å². The van der Waals surface area contributed by atoms with Crippen molar-refractivity contribution in [1.82, 2.24) is 0 Å². The topological polar surface area (TPSA) is 62.3 Å². The standard InChI is InChI=1S/C17H19N3O/c18-17(19)15-7-8-16(14-4-2-1-3-13(14)15)20-9-11-5-6-12(10-20)21-11/h1-4,7-8,11-12H,5-6,9-10H2,(H3,18,19). The van der Waals surface area contributed by atoms with Crippen LogP contribution in [-0.4, -0.2) is 31.1 Å². The molecule has 0 aromatic heterocycles. The predicted octanol–water partition coefficient (Wildman–Crippen LogP) is 2.49. The van der Waals surface area contributed by atoms with Crippen molar-refractivity contribution in [2.24, 2.45) is 5.73 Å². The number of fused-ring (bicyclic) bond motifs is 3. The van der Waals surface area contributed by atoms with Gasteiger partial charge in [0.2, 0.25) is 0 Å². The van der Waals surface area contributed by atoms with Crippen LogP contribution < -0.4 is 10.6 Å². The van der Waals surface area contributed by atoms with Gasteiger partial charge in [-0.05, 0) is 30.4 Å². The lowest BCUT2D eigenvalue weighted by Crippen LogP contribution is -2.42. The van der Waals surface area contributed by atoms with Crippen LogP contribution in [0.5, 0.6) is 0 Å². The number of amidine groups is 1. The molecule has 3 N–H and O–H groups in total. The summed E-state index contributed by atoms with van der Waals surface area (Å²) < 4.78 is 5.93. The Morgan fingerprint density at radius 2 is 1.71 bits per heavy atom. The van der Waals surface area contributed by atoms with Crippen LogP contribution in [0.1, 0.15) is 18.4 Å². The van der Waals surface area contributed by atoms with Gasteiger partial charge in [-0.25, -0.2) is 0 Å². The lowest BCUT2D eigenvalue weighted by Gasteiger charge is -2.34. The number of hydrogen-bond donors (Lipinski definition) is 2. The van der Waals surface area contributed by atoms with Gasteiger partial charge in [0.1, 0.15) is 5.84 Å². The van der Waals surface area contributed by atoms with Gasteiger partial charge in [0, 0.05) is 29.7 Å². The Morgan fingerprint density at radius 1 is 1.05 bits per heavy atom. The SMILES string of the molecule is N=C(N)c1ccc(N2CC3CCC(C2)O3)c2ccccc12. The first kappa shape index (κ1) is 12.7. The Bertz CT molecular complexity index is 700. The maximum absolute atomic E-state index is 7.75. The van der Waals surface area contributed by atoms with Crippen LogP contribution in [0.15, 0.2) is 36.4 Å². The fourth-order valence-corrected chi connectivity index (χ4v) is 3.61. The molecule has 2 saturated heterocycles. The van der Waals surface area contributed by atoms with Crippen molar-refractivity contribution in [3.63, 3.8) is 0 Å². The Balaban J connectivity index is 1.82. The highest BCUT2D eigenvalue weighted by molar-refractivity contribution is 6.10. The molecule has 4 nitrogen and oxygen atoms in total. The molecule has 2 aliphatic rings. The van der Waals surface area contributed by atoms with Crippen LogP contribution in [-0.2, 0) is 4.74 Å². The van der Waals surface area contributed by atoms with Crippen LogP contribution in [0.3, 0.4) is 0 Å². The number of hydrogen-bond acceptors (Lipinski definition) is 3. The fraction of sp³-hybridized carbons (Fsp3) is 0.353. The predicted molar refractivity (Wildman–Crippen MR) is 85.1 cm³/mol. The van der Waals surface area contributed by atoms with E-state index < -0.39 is 0 Å². The second kappa shape index (κ2) is 4.74. The van der Waals surface area contributed by atoms with Gasteiger partial charge in [0.25, 0.3) is 0 Å². The van der Waals surface area contributed by atoms with Gasteiger partial charge in [-0.15, -0.1) is 0 Å². The summed E-state index contributed by atoms with van der Waals surface area (Å²) >= 11 is 0. The molecule has 0 aliphatic carbocycles. The molecule has 4 heteroatoms. The van der Waals surface area contributed by atoms with Crippen LogP contribution in [0.25, 0.3) is 10.8 Å². The summed E-state index contributed by atoms with van der Waals surface area (Å²) in [6.45, 7) is 1.92. The number of rotatable bonds is 2. The first-order valence-electron chi connectivity index (χ1n) is 7.49. The number of nitrogens with two attached hydrogens (primary N) is 1. The number of morpholine rings is 1. The zero-order valence-corrected chi connectivity index (χ0v) is 11.9. The summed E-state index contributed by atoms with van der Waals surface area (Å²) in [5.41, 5.74) is 7.76. The second-order valence-corrected chi connectivity index (χ2v) is 5.95. The zero-order valence-electron chi connectivity index (χ0n) is 11.9. The third-order valence-electron chi connectivity index (χ3n) is 4.58. The molecule has 2 aliphatic heterocycles. The van der Waals surface area contributed by atoms with Gasteiger partial charge in [-0.1, -0.05) is 24.3 Å². The highest BCUT2D eigenvalue weighted by Crippen LogP contribution is 2.34. The minimum atomic E-state index is 0.125. The number of nitrogens with one attached hydrogen (secondary N) is 1. The molecule has 2 heterocycles. The normalized spacial score (nSPS) is 24.5. The Morgan fingerprint density at radius 3 is 2.38 bits per heavy atom. The van der Waals surface area contributed by atoms with Crippen molar-refractivity contribution in [3.05, 3.63) is 42.0 Å². The van der Waals surface area contributed by atoms with Crippen LogP contribution >= 0.6 is 0 Å². The Hall–Kier alpha value is -2.07. The van der Waals surface area contributed by atoms with E-state index in [1.54, 1.807) is 0 Å². The average molecular weight is 281 g/mol. The summed E-state index contributed by atoms with van der Waals surface area (Å²) in [7, 11) is 0. The molecule has 0 radical (unpaired) electrons. The van der Waals surface area contributed by atoms with Crippen LogP contribution in [0.2, 0.25) is 0 Å². The van der Waals surface area contributed by atoms with Gasteiger partial charge in [-0.2, -0.15) is 0 Å². The number of nitrogens with zero attached hydrogens (tertiary/aromatic N) is 1. The lowest BCUT2D eigenvalue weighted by molar-refractivity contribution is 0.0306. The van der Waals surface area contributed by atoms with E-state index in [0.717, 1.165) is 24.0 Å². The van der Waals surface area contributed by atoms with E-state index in [4.69, 9.17) is 15.9 Å². The van der Waals surface area contributed by atoms with Crippen LogP contribution in [0, 0.1) is 5.41 Å². The molecule has 2 aromatic carbocycles. The van der Waals surface area contributed by atoms with Gasteiger partial charge < -0.3 is 15.4 Å². The molecule has 2 aromatic rings. The first-order chi connectivity index (χ1) is 10.2. The van der Waals surface area contributed by atoms with Crippen molar-refractivity contribution >= 4 is 22.3 Å². The monoisotopic (exact) mass is 281 g/mol. The number of anilines is 1. The Kier molecular flexibility index (Phi) is 2.86. The molecule has 2 unspecified atom stereocenters. The summed E-state index contributed by atoms with van der Waals surface area (Å²) in [5.74, 6) is 0.125. The smallest absolute Gasteiger partial charge is 0.123 e. The van der Waals surface area contributed by atoms with Gasteiger partial charge in [0.15, 0.2) is 0 Å². The molecular formula is C17H19N3O. The van der Waals surface area contributed by atoms with E-state index in [1.165, 1.54) is 23.9 Å². The van der Waals surface area contributed by atoms with E-state index in [2.05, 4.69) is 17.0 Å². The highest BCUT2D eigenvalue weighted by atomic mass is 16.5. The van der Waals surface area contributed by atoms with Gasteiger partial charge in [-0.3, -0.25) is 5.41 Å². The van der Waals surface area contributed by atoms with Crippen LogP contribution in [0.4, 0.5) is 5.69 Å². The lowest BCUT2D eigenvalue weighted by atomic mass is 10.0. The van der Waals surface area contributed by atoms with E-state index in [-0.39, 0.29) is 5.84 Å². The van der Waals surface area contributed by atoms with Crippen molar-refractivity contribution in [2.75, 3.05) is 18.0 Å². The van der Waals surface area contributed by atoms with Crippen molar-refractivity contribution < 1.29 is 4.74 Å². The quantitative estimate of drug-likeness (QED) is 0.656. The number of benzene rings is 2. The van der Waals surface area contributed by atoms with Crippen molar-refractivity contribution in [1.29, 1.82) is 5.41 Å². The molecule has 4 rings (SSSR count). The van der Waals surface area contributed by atoms with E-state index >= 15 is 0 Å². The van der Waals surface area contributed by atoms with E-state index in [1.807, 2.05) is 24.3 Å². The van der Waals surface area contributed by atoms with Crippen molar-refractivity contribution in [2.45, 2.75) is 25.0 Å². The molecule has 0 saturated carbocycles. The molecule has 0 spiro atoms. The molecule has 21 heavy (non-hydrogen) atoms. The third kappa shape index (κ3) is 2.07. The van der Waals surface area contributed by atoms with Crippen molar-refractivity contribution in [3.8, 4) is 0 Å². The molecule has 108 valence electrons. The minimum Gasteiger partial charge on any atom is -0.384 e. The molecule has 2 bridgehead atoms. The molecule has 0 amide bonds. The van der Waals surface area contributed by atoms with Gasteiger partial charge in [0.05, 0.1) is 12.2 Å². The number of nitrogen functional groups attached to an aromatic ring is 1. The number of ether oxygens (including phenoxy) is 1. The minimum absolute atomic E-state index is 0.125. The molecule has 2 fully saturated rings. The average Bonchev–Trinajstić information content (AvgIpc) is 2.84.